The van der Waals surface area contributed by atoms with Gasteiger partial charge in [0, 0.05) is 0 Å². The predicted octanol–water partition coefficient (Wildman–Crippen LogP) is -0.600. The molecule has 0 amide bonds. The molecule has 0 aromatic heterocycles. The van der Waals surface area contributed by atoms with E-state index in [1.54, 1.807) is 11.1 Å². The molecular weight excluding hydrogens is 429 g/mol. The Morgan fingerprint density at radius 2 is 1.08 bits per heavy atom. The van der Waals surface area contributed by atoms with Crippen molar-refractivity contribution in [3.8, 4) is 0 Å². The van der Waals surface area contributed by atoms with Crippen LogP contribution < -0.4 is 24.8 Å². The largest absolute Gasteiger partial charge is 1.00 e. The summed E-state index contributed by atoms with van der Waals surface area (Å²) >= 11 is 0.208. The van der Waals surface area contributed by atoms with E-state index in [9.17, 15) is 0 Å². The predicted molar refractivity (Wildman–Crippen MR) is 93.9 cm³/mol. The number of hydrogen-bond acceptors (Lipinski definition) is 0. The van der Waals surface area contributed by atoms with Crippen molar-refractivity contribution in [3.05, 3.63) is 82.9 Å². The molecule has 0 fully saturated rings. The summed E-state index contributed by atoms with van der Waals surface area (Å²) in [5, 5.41) is 0. The molecular formula is C20H20AlCl2Zr. The summed E-state index contributed by atoms with van der Waals surface area (Å²) in [5.41, 5.74) is 5.99. The van der Waals surface area contributed by atoms with Crippen LogP contribution in [0.5, 0.6) is 0 Å². The topological polar surface area (TPSA) is 0 Å². The van der Waals surface area contributed by atoms with Gasteiger partial charge in [0.15, 0.2) is 15.2 Å². The second kappa shape index (κ2) is 10.8. The normalized spacial score (nSPS) is 18.1. The van der Waals surface area contributed by atoms with Crippen molar-refractivity contribution in [2.24, 2.45) is 0 Å². The van der Waals surface area contributed by atoms with E-state index in [0.717, 1.165) is 22.5 Å². The smallest absolute Gasteiger partial charge is 0.191 e. The van der Waals surface area contributed by atoms with Gasteiger partial charge in [-0.25, -0.2) is 0 Å². The van der Waals surface area contributed by atoms with Crippen LogP contribution in [0.2, 0.25) is 11.6 Å². The minimum absolute atomic E-state index is 0. The number of rotatable bonds is 2. The molecule has 121 valence electrons. The summed E-state index contributed by atoms with van der Waals surface area (Å²) in [7, 11) is 0. The molecule has 0 spiro atoms. The molecule has 2 aliphatic rings. The van der Waals surface area contributed by atoms with E-state index in [0.29, 0.717) is 0 Å². The van der Waals surface area contributed by atoms with Crippen LogP contribution in [0.4, 0.5) is 0 Å². The Labute approximate surface area is 175 Å². The van der Waals surface area contributed by atoms with Gasteiger partial charge in [-0.2, -0.15) is 0 Å². The zero-order chi connectivity index (χ0) is 15.4. The number of allylic oxidation sites excluding steroid dienone is 2. The van der Waals surface area contributed by atoms with Gasteiger partial charge < -0.3 is 24.8 Å². The molecule has 0 nitrogen and oxygen atoms in total. The van der Waals surface area contributed by atoms with Crippen molar-refractivity contribution in [2.75, 3.05) is 0 Å². The maximum Gasteiger partial charge on any atom is 0.191 e. The summed E-state index contributed by atoms with van der Waals surface area (Å²) in [4.78, 5) is 0. The molecule has 0 saturated heterocycles. The first-order valence-electron chi connectivity index (χ1n) is 7.87. The Morgan fingerprint density at radius 1 is 0.708 bits per heavy atom. The van der Waals surface area contributed by atoms with Crippen molar-refractivity contribution < 1.29 is 48.0 Å². The van der Waals surface area contributed by atoms with E-state index in [4.69, 9.17) is 0 Å². The first-order chi connectivity index (χ1) is 10.8. The van der Waals surface area contributed by atoms with Crippen LogP contribution in [-0.4, -0.2) is 15.2 Å². The molecule has 0 N–H and O–H groups in total. The molecule has 0 heterocycles. The average Bonchev–Trinajstić information content (AvgIpc) is 3.14. The monoisotopic (exact) mass is 447 g/mol. The summed E-state index contributed by atoms with van der Waals surface area (Å²) < 4.78 is 1.47. The second-order valence-corrected chi connectivity index (χ2v) is 10.7. The van der Waals surface area contributed by atoms with Gasteiger partial charge in [-0.05, 0) is 0 Å². The summed E-state index contributed by atoms with van der Waals surface area (Å²) in [6.45, 7) is 0. The van der Waals surface area contributed by atoms with Crippen LogP contribution >= 0.6 is 0 Å². The fourth-order valence-corrected chi connectivity index (χ4v) is 7.13. The standard InChI is InChI=1S/2C9H7.2CH3.Al.2ClH.Zr/c2*1-2-5-9-7-3-6-8(9)4-1;;;;;;/h2*1-7H;2*1H3;;2*1H;/q;;;;;;;+2/p-2. The summed E-state index contributed by atoms with van der Waals surface area (Å²) in [6, 6.07) is 17.7. The van der Waals surface area contributed by atoms with Crippen molar-refractivity contribution >= 4 is 27.4 Å². The Morgan fingerprint density at radius 3 is 1.50 bits per heavy atom. The fourth-order valence-electron chi connectivity index (χ4n) is 2.98. The zero-order valence-corrected chi connectivity index (χ0v) is 19.0. The third-order valence-corrected chi connectivity index (χ3v) is 8.20. The SMILES string of the molecule is C1=C[CH]([Zr+2][CH]2C=Cc3ccccc32)c2ccccc21.[CH3][Al][CH3].[Cl-].[Cl-]. The molecule has 4 heteroatoms. The van der Waals surface area contributed by atoms with Crippen LogP contribution in [0.15, 0.2) is 60.7 Å². The molecule has 2 aromatic carbocycles. The van der Waals surface area contributed by atoms with Gasteiger partial charge in [0.2, 0.25) is 0 Å². The van der Waals surface area contributed by atoms with Gasteiger partial charge in [-0.15, -0.1) is 11.6 Å². The van der Waals surface area contributed by atoms with Crippen LogP contribution in [0.1, 0.15) is 29.5 Å². The molecule has 2 unspecified atom stereocenters. The average molecular weight is 449 g/mol. The van der Waals surface area contributed by atoms with Gasteiger partial charge in [0.1, 0.15) is 0 Å². The van der Waals surface area contributed by atoms with E-state index < -0.39 is 23.2 Å². The minimum atomic E-state index is -0.542. The maximum atomic E-state index is 2.44. The number of benzene rings is 2. The van der Waals surface area contributed by atoms with Crippen molar-refractivity contribution in [3.63, 3.8) is 0 Å². The molecule has 0 saturated carbocycles. The molecule has 1 radical (unpaired) electrons. The van der Waals surface area contributed by atoms with Gasteiger partial charge in [-0.3, -0.25) is 0 Å². The van der Waals surface area contributed by atoms with Crippen LogP contribution in [0, 0.1) is 0 Å². The quantitative estimate of drug-likeness (QED) is 0.538. The number of fused-ring (bicyclic) bond motifs is 2. The second-order valence-electron chi connectivity index (χ2n) is 5.68. The first kappa shape index (κ1) is 22.0. The van der Waals surface area contributed by atoms with Gasteiger partial charge in [0.25, 0.3) is 0 Å². The first-order valence-corrected chi connectivity index (χ1v) is 13.0. The summed E-state index contributed by atoms with van der Waals surface area (Å²) in [6.07, 6.45) is 9.49. The molecule has 24 heavy (non-hydrogen) atoms. The van der Waals surface area contributed by atoms with E-state index in [1.807, 2.05) is 0 Å². The Balaban J connectivity index is 0.000000539. The molecule has 0 aliphatic heterocycles. The van der Waals surface area contributed by atoms with Gasteiger partial charge in [0.05, 0.1) is 0 Å². The summed E-state index contributed by atoms with van der Waals surface area (Å²) in [5.74, 6) is 4.42. The molecule has 2 aliphatic carbocycles. The van der Waals surface area contributed by atoms with Gasteiger partial charge in [-0.1, -0.05) is 0 Å². The number of halogens is 2. The fraction of sp³-hybridized carbons (Fsp3) is 0.200. The van der Waals surface area contributed by atoms with E-state index >= 15 is 0 Å². The van der Waals surface area contributed by atoms with Crippen LogP contribution in [0.3, 0.4) is 0 Å². The molecule has 4 rings (SSSR count). The van der Waals surface area contributed by atoms with Gasteiger partial charge >= 0.3 is 126 Å². The van der Waals surface area contributed by atoms with Crippen LogP contribution in [-0.2, 0) is 23.2 Å². The van der Waals surface area contributed by atoms with E-state index in [2.05, 4.69) is 84.4 Å². The van der Waals surface area contributed by atoms with E-state index in [-0.39, 0.29) is 24.8 Å². The Bertz CT molecular complexity index is 653. The minimum Gasteiger partial charge on any atom is -1.00 e. The Hall–Kier alpha value is -0.0844. The third kappa shape index (κ3) is 4.97. The third-order valence-electron chi connectivity index (χ3n) is 3.96. The van der Waals surface area contributed by atoms with E-state index in [1.165, 1.54) is 11.1 Å². The van der Waals surface area contributed by atoms with Crippen molar-refractivity contribution in [1.29, 1.82) is 0 Å². The molecule has 2 aromatic rings. The Kier molecular flexibility index (Phi) is 9.89. The molecule has 0 bridgehead atoms. The maximum absolute atomic E-state index is 2.44. The van der Waals surface area contributed by atoms with Crippen molar-refractivity contribution in [2.45, 2.75) is 18.8 Å². The van der Waals surface area contributed by atoms with Crippen molar-refractivity contribution in [1.82, 2.24) is 0 Å². The number of hydrogen-bond donors (Lipinski definition) is 0. The molecule has 2 atom stereocenters. The zero-order valence-electron chi connectivity index (χ0n) is 13.9. The van der Waals surface area contributed by atoms with Crippen LogP contribution in [0.25, 0.3) is 12.2 Å².